The number of rotatable bonds is 5. The van der Waals surface area contributed by atoms with Crippen LogP contribution in [0.5, 0.6) is 0 Å². The number of nitrogens with zero attached hydrogens (tertiary/aromatic N) is 4. The number of hydrogen-bond donors (Lipinski definition) is 1. The van der Waals surface area contributed by atoms with Crippen LogP contribution in [0.25, 0.3) is 0 Å². The third-order valence-corrected chi connectivity index (χ3v) is 5.98. The SMILES string of the molecule is CCc1nnc(Nc2cccc(C3CCN(C(=O)c4ccccc4)CC3)n2)s1. The van der Waals surface area contributed by atoms with Crippen molar-refractivity contribution in [1.29, 1.82) is 0 Å². The van der Waals surface area contributed by atoms with E-state index in [9.17, 15) is 4.79 Å². The second-order valence-corrected chi connectivity index (χ2v) is 7.92. The summed E-state index contributed by atoms with van der Waals surface area (Å²) in [5.41, 5.74) is 1.82. The molecule has 0 spiro atoms. The Balaban J connectivity index is 1.38. The summed E-state index contributed by atoms with van der Waals surface area (Å²) in [5, 5.41) is 13.3. The van der Waals surface area contributed by atoms with Crippen LogP contribution in [0.2, 0.25) is 0 Å². The first-order valence-corrected chi connectivity index (χ1v) is 10.4. The van der Waals surface area contributed by atoms with Crippen molar-refractivity contribution >= 4 is 28.2 Å². The molecule has 3 aromatic rings. The second-order valence-electron chi connectivity index (χ2n) is 6.86. The van der Waals surface area contributed by atoms with Gasteiger partial charge in [0.1, 0.15) is 10.8 Å². The molecule has 7 heteroatoms. The molecule has 6 nitrogen and oxygen atoms in total. The zero-order valence-electron chi connectivity index (χ0n) is 15.8. The minimum Gasteiger partial charge on any atom is -0.339 e. The van der Waals surface area contributed by atoms with Gasteiger partial charge in [-0.25, -0.2) is 4.98 Å². The van der Waals surface area contributed by atoms with Crippen LogP contribution in [-0.2, 0) is 6.42 Å². The highest BCUT2D eigenvalue weighted by Gasteiger charge is 2.25. The lowest BCUT2D eigenvalue weighted by Crippen LogP contribution is -2.38. The van der Waals surface area contributed by atoms with E-state index in [0.29, 0.717) is 5.92 Å². The fraction of sp³-hybridized carbons (Fsp3) is 0.333. The fourth-order valence-corrected chi connectivity index (χ4v) is 4.13. The summed E-state index contributed by atoms with van der Waals surface area (Å²) in [6, 6.07) is 15.5. The van der Waals surface area contributed by atoms with Crippen molar-refractivity contribution in [3.8, 4) is 0 Å². The summed E-state index contributed by atoms with van der Waals surface area (Å²) in [6.07, 6.45) is 2.73. The summed E-state index contributed by atoms with van der Waals surface area (Å²) in [6.45, 7) is 3.58. The zero-order chi connectivity index (χ0) is 19.3. The van der Waals surface area contributed by atoms with E-state index in [2.05, 4.69) is 28.5 Å². The Hall–Kier alpha value is -2.80. The van der Waals surface area contributed by atoms with E-state index >= 15 is 0 Å². The molecule has 1 fully saturated rings. The van der Waals surface area contributed by atoms with Gasteiger partial charge in [-0.2, -0.15) is 0 Å². The Morgan fingerprint density at radius 3 is 2.61 bits per heavy atom. The molecule has 1 aromatic carbocycles. The second kappa shape index (κ2) is 8.48. The standard InChI is InChI=1S/C21H23N5OS/c1-2-19-24-25-21(28-19)23-18-10-6-9-17(22-18)15-11-13-26(14-12-15)20(27)16-7-4-3-5-8-16/h3-10,15H,2,11-14H2,1H3,(H,22,23,25). The van der Waals surface area contributed by atoms with Gasteiger partial charge in [-0.15, -0.1) is 10.2 Å². The van der Waals surface area contributed by atoms with Gasteiger partial charge in [0.15, 0.2) is 0 Å². The van der Waals surface area contributed by atoms with E-state index in [1.807, 2.05) is 47.4 Å². The number of carbonyl (C=O) groups is 1. The number of anilines is 2. The number of hydrogen-bond acceptors (Lipinski definition) is 6. The van der Waals surface area contributed by atoms with Crippen LogP contribution in [-0.4, -0.2) is 39.1 Å². The highest BCUT2D eigenvalue weighted by Crippen LogP contribution is 2.29. The predicted octanol–water partition coefficient (Wildman–Crippen LogP) is 4.26. The van der Waals surface area contributed by atoms with Crippen LogP contribution in [0, 0.1) is 0 Å². The van der Waals surface area contributed by atoms with Crippen LogP contribution >= 0.6 is 11.3 Å². The van der Waals surface area contributed by atoms with Gasteiger partial charge in [0.05, 0.1) is 0 Å². The van der Waals surface area contributed by atoms with Crippen molar-refractivity contribution in [1.82, 2.24) is 20.1 Å². The Labute approximate surface area is 168 Å². The number of nitrogens with one attached hydrogen (secondary N) is 1. The van der Waals surface area contributed by atoms with Crippen molar-refractivity contribution in [2.45, 2.75) is 32.1 Å². The lowest BCUT2D eigenvalue weighted by molar-refractivity contribution is 0.0712. The monoisotopic (exact) mass is 393 g/mol. The molecule has 0 aliphatic carbocycles. The fourth-order valence-electron chi connectivity index (χ4n) is 3.45. The highest BCUT2D eigenvalue weighted by molar-refractivity contribution is 7.15. The minimum atomic E-state index is 0.116. The molecule has 28 heavy (non-hydrogen) atoms. The minimum absolute atomic E-state index is 0.116. The molecular weight excluding hydrogens is 370 g/mol. The number of pyridine rings is 1. The molecule has 4 rings (SSSR count). The van der Waals surface area contributed by atoms with Crippen LogP contribution in [0.4, 0.5) is 10.9 Å². The lowest BCUT2D eigenvalue weighted by atomic mass is 9.92. The van der Waals surface area contributed by atoms with Gasteiger partial charge < -0.3 is 10.2 Å². The molecule has 2 aromatic heterocycles. The Morgan fingerprint density at radius 1 is 1.11 bits per heavy atom. The summed E-state index contributed by atoms with van der Waals surface area (Å²) < 4.78 is 0. The van der Waals surface area contributed by atoms with E-state index in [-0.39, 0.29) is 5.91 Å². The maximum absolute atomic E-state index is 12.6. The Bertz CT molecular complexity index is 935. The normalized spacial score (nSPS) is 14.8. The van der Waals surface area contributed by atoms with Gasteiger partial charge >= 0.3 is 0 Å². The van der Waals surface area contributed by atoms with E-state index in [0.717, 1.165) is 59.6 Å². The molecule has 3 heterocycles. The van der Waals surface area contributed by atoms with Gasteiger partial charge in [0, 0.05) is 30.3 Å². The molecule has 0 bridgehead atoms. The summed E-state index contributed by atoms with van der Waals surface area (Å²) >= 11 is 1.55. The van der Waals surface area contributed by atoms with Crippen molar-refractivity contribution < 1.29 is 4.79 Å². The van der Waals surface area contributed by atoms with Crippen LogP contribution < -0.4 is 5.32 Å². The number of amides is 1. The molecule has 0 unspecified atom stereocenters. The first kappa shape index (κ1) is 18.6. The maximum Gasteiger partial charge on any atom is 0.253 e. The molecule has 0 radical (unpaired) electrons. The largest absolute Gasteiger partial charge is 0.339 e. The smallest absolute Gasteiger partial charge is 0.253 e. The van der Waals surface area contributed by atoms with Crippen molar-refractivity contribution in [2.24, 2.45) is 0 Å². The number of piperidine rings is 1. The molecule has 1 amide bonds. The first-order valence-electron chi connectivity index (χ1n) is 9.63. The average Bonchev–Trinajstić information content (AvgIpc) is 3.22. The summed E-state index contributed by atoms with van der Waals surface area (Å²) in [4.78, 5) is 19.3. The van der Waals surface area contributed by atoms with Crippen molar-refractivity contribution in [2.75, 3.05) is 18.4 Å². The Morgan fingerprint density at radius 2 is 1.89 bits per heavy atom. The molecular formula is C21H23N5OS. The van der Waals surface area contributed by atoms with Gasteiger partial charge in [0.2, 0.25) is 5.13 Å². The molecule has 0 saturated carbocycles. The topological polar surface area (TPSA) is 71.0 Å². The molecule has 144 valence electrons. The third-order valence-electron chi connectivity index (χ3n) is 5.00. The highest BCUT2D eigenvalue weighted by atomic mass is 32.1. The average molecular weight is 394 g/mol. The molecule has 1 aliphatic heterocycles. The molecule has 1 saturated heterocycles. The lowest BCUT2D eigenvalue weighted by Gasteiger charge is -2.32. The zero-order valence-corrected chi connectivity index (χ0v) is 16.7. The van der Waals surface area contributed by atoms with Crippen LogP contribution in [0.1, 0.15) is 46.7 Å². The summed E-state index contributed by atoms with van der Waals surface area (Å²) in [7, 11) is 0. The number of benzene rings is 1. The van der Waals surface area contributed by atoms with Crippen molar-refractivity contribution in [3.05, 3.63) is 64.8 Å². The van der Waals surface area contributed by atoms with Crippen LogP contribution in [0.15, 0.2) is 48.5 Å². The van der Waals surface area contributed by atoms with Gasteiger partial charge in [-0.1, -0.05) is 42.5 Å². The van der Waals surface area contributed by atoms with E-state index in [4.69, 9.17) is 4.98 Å². The summed E-state index contributed by atoms with van der Waals surface area (Å²) in [5.74, 6) is 1.27. The third kappa shape index (κ3) is 4.20. The first-order chi connectivity index (χ1) is 13.7. The maximum atomic E-state index is 12.6. The quantitative estimate of drug-likeness (QED) is 0.701. The predicted molar refractivity (Wildman–Crippen MR) is 111 cm³/mol. The van der Waals surface area contributed by atoms with Crippen molar-refractivity contribution in [3.63, 3.8) is 0 Å². The number of aromatic nitrogens is 3. The van der Waals surface area contributed by atoms with Gasteiger partial charge in [-0.3, -0.25) is 4.79 Å². The molecule has 1 N–H and O–H groups in total. The van der Waals surface area contributed by atoms with E-state index in [1.54, 1.807) is 11.3 Å². The molecule has 1 aliphatic rings. The Kier molecular flexibility index (Phi) is 5.62. The van der Waals surface area contributed by atoms with Gasteiger partial charge in [-0.05, 0) is 43.5 Å². The number of aryl methyl sites for hydroxylation is 1. The number of likely N-dealkylation sites (tertiary alicyclic amines) is 1. The number of carbonyl (C=O) groups excluding carboxylic acids is 1. The van der Waals surface area contributed by atoms with E-state index < -0.39 is 0 Å². The molecule has 0 atom stereocenters. The van der Waals surface area contributed by atoms with Crippen LogP contribution in [0.3, 0.4) is 0 Å². The van der Waals surface area contributed by atoms with Gasteiger partial charge in [0.25, 0.3) is 5.91 Å². The van der Waals surface area contributed by atoms with E-state index in [1.165, 1.54) is 0 Å².